The Morgan fingerprint density at radius 1 is 0.969 bits per heavy atom. The molecule has 0 bridgehead atoms. The molecule has 29 heteroatoms. The topological polar surface area (TPSA) is 381 Å². The van der Waals surface area contributed by atoms with Crippen LogP contribution in [0.25, 0.3) is 11.2 Å². The highest BCUT2D eigenvalue weighted by Gasteiger charge is 2.50. The van der Waals surface area contributed by atoms with Crippen LogP contribution in [-0.4, -0.2) is 129 Å². The minimum absolute atomic E-state index is 0.0296. The number of carbonyl (C=O) groups is 4. The van der Waals surface area contributed by atoms with Gasteiger partial charge < -0.3 is 55.7 Å². The summed E-state index contributed by atoms with van der Waals surface area (Å²) in [5, 5.41) is 26.6. The molecule has 8 atom stereocenters. The molecule has 1 aliphatic heterocycles. The van der Waals surface area contributed by atoms with Gasteiger partial charge in [-0.2, -0.15) is 4.31 Å². The average Bonchev–Trinajstić information content (AvgIpc) is 3.78. The van der Waals surface area contributed by atoms with Crippen LogP contribution in [-0.2, 0) is 55.5 Å². The number of nitrogens with zero attached hydrogens (tertiary/aromatic N) is 4. The molecule has 1 fully saturated rings. The third-order valence-corrected chi connectivity index (χ3v) is 14.0. The minimum Gasteiger partial charge on any atom is -0.386 e. The van der Waals surface area contributed by atoms with Crippen LogP contribution in [0.3, 0.4) is 0 Å². The lowest BCUT2D eigenvalue weighted by molar-refractivity contribution is -0.137. The number of phosphoric acid groups is 3. The Hall–Kier alpha value is -2.77. The van der Waals surface area contributed by atoms with E-state index in [1.807, 2.05) is 6.92 Å². The maximum atomic E-state index is 12.7. The van der Waals surface area contributed by atoms with Crippen molar-refractivity contribution >= 4 is 75.4 Å². The van der Waals surface area contributed by atoms with Crippen molar-refractivity contribution in [3.05, 3.63) is 12.7 Å². The van der Waals surface area contributed by atoms with Crippen molar-refractivity contribution in [2.75, 3.05) is 37.8 Å². The van der Waals surface area contributed by atoms with E-state index in [1.165, 1.54) is 26.7 Å². The number of aldehydes is 1. The molecule has 0 spiro atoms. The summed E-state index contributed by atoms with van der Waals surface area (Å²) in [7, 11) is -16.4. The Bertz CT molecular complexity index is 2010. The zero-order valence-corrected chi connectivity index (χ0v) is 39.9. The molecule has 1 aliphatic rings. The van der Waals surface area contributed by atoms with Gasteiger partial charge in [-0.3, -0.25) is 32.5 Å². The number of fused-ring (bicyclic) bond motifs is 1. The summed E-state index contributed by atoms with van der Waals surface area (Å²) in [6.45, 7) is 2.56. The summed E-state index contributed by atoms with van der Waals surface area (Å²) in [5.74, 6) is -0.819. The first-order valence-corrected chi connectivity index (χ1v) is 26.4. The molecular weight excluding hydrogens is 943 g/mol. The first-order chi connectivity index (χ1) is 30.4. The Morgan fingerprint density at radius 2 is 1.62 bits per heavy atom. The van der Waals surface area contributed by atoms with Gasteiger partial charge in [-0.1, -0.05) is 83.9 Å². The number of aromatic nitrogens is 4. The monoisotopic (exact) mass is 1010 g/mol. The van der Waals surface area contributed by atoms with E-state index in [2.05, 4.69) is 34.4 Å². The predicted octanol–water partition coefficient (Wildman–Crippen LogP) is 2.79. The number of phosphoric ester groups is 3. The first kappa shape index (κ1) is 56.6. The van der Waals surface area contributed by atoms with Crippen molar-refractivity contribution in [2.45, 2.75) is 128 Å². The number of hydrogen-bond acceptors (Lipinski definition) is 19. The van der Waals surface area contributed by atoms with E-state index in [4.69, 9.17) is 19.5 Å². The Balaban J connectivity index is 1.35. The highest BCUT2D eigenvalue weighted by molar-refractivity contribution is 8.13. The third kappa shape index (κ3) is 20.2. The number of imidazole rings is 1. The number of nitrogen functional groups attached to an aromatic ring is 1. The zero-order valence-electron chi connectivity index (χ0n) is 36.4. The lowest BCUT2D eigenvalue weighted by Crippen LogP contribution is -2.46. The summed E-state index contributed by atoms with van der Waals surface area (Å²) >= 11 is 1.14. The zero-order chi connectivity index (χ0) is 48.4. The molecule has 10 N–H and O–H groups in total. The van der Waals surface area contributed by atoms with Crippen molar-refractivity contribution in [3.63, 3.8) is 0 Å². The predicted molar refractivity (Wildman–Crippen MR) is 233 cm³/mol. The average molecular weight is 1010 g/mol. The highest BCUT2D eigenvalue weighted by atomic mass is 32.2. The smallest absolute Gasteiger partial charge is 0.386 e. The molecule has 3 heterocycles. The number of aliphatic hydroxyl groups excluding tert-OH is 2. The van der Waals surface area contributed by atoms with Gasteiger partial charge in [-0.05, 0) is 12.3 Å². The van der Waals surface area contributed by atoms with Crippen LogP contribution in [0, 0.1) is 11.3 Å². The maximum absolute atomic E-state index is 12.7. The van der Waals surface area contributed by atoms with Crippen molar-refractivity contribution in [1.29, 1.82) is 0 Å². The van der Waals surface area contributed by atoms with Gasteiger partial charge in [0.15, 0.2) is 22.8 Å². The normalized spacial score (nSPS) is 20.8. The fourth-order valence-corrected chi connectivity index (χ4v) is 10.2. The minimum atomic E-state index is -5.58. The molecule has 1 saturated heterocycles. The van der Waals surface area contributed by atoms with Gasteiger partial charge >= 0.3 is 23.5 Å². The van der Waals surface area contributed by atoms with Crippen LogP contribution in [0.5, 0.6) is 0 Å². The third-order valence-electron chi connectivity index (χ3n) is 10.0. The maximum Gasteiger partial charge on any atom is 0.481 e. The van der Waals surface area contributed by atoms with E-state index in [9.17, 15) is 62.7 Å². The summed E-state index contributed by atoms with van der Waals surface area (Å²) in [6, 6.07) is 0. The van der Waals surface area contributed by atoms with Gasteiger partial charge in [-0.25, -0.2) is 28.6 Å². The lowest BCUT2D eigenvalue weighted by Gasteiger charge is -2.30. The van der Waals surface area contributed by atoms with Crippen molar-refractivity contribution in [1.82, 2.24) is 30.2 Å². The summed E-state index contributed by atoms with van der Waals surface area (Å²) in [4.78, 5) is 98.8. The van der Waals surface area contributed by atoms with Gasteiger partial charge in [0.05, 0.1) is 19.5 Å². The van der Waals surface area contributed by atoms with Gasteiger partial charge in [0.25, 0.3) is 0 Å². The first-order valence-electron chi connectivity index (χ1n) is 20.9. The van der Waals surface area contributed by atoms with Crippen LogP contribution in [0.2, 0.25) is 0 Å². The molecule has 2 aromatic rings. The van der Waals surface area contributed by atoms with E-state index in [0.717, 1.165) is 80.2 Å². The molecule has 2 aromatic heterocycles. The second-order valence-corrected chi connectivity index (χ2v) is 21.6. The Kier molecular flexibility index (Phi) is 23.2. The number of thioether (sulfide) groups is 1. The van der Waals surface area contributed by atoms with Crippen LogP contribution in [0.1, 0.15) is 104 Å². The molecule has 0 radical (unpaired) electrons. The van der Waals surface area contributed by atoms with Crippen molar-refractivity contribution in [2.24, 2.45) is 11.3 Å². The molecular formula is C36H62N7O18P3S. The molecule has 370 valence electrons. The fraction of sp³-hybridized carbons (Fsp3) is 0.750. The Morgan fingerprint density at radius 3 is 2.28 bits per heavy atom. The van der Waals surface area contributed by atoms with E-state index in [0.29, 0.717) is 18.6 Å². The SMILES string of the molecule is C[C@H](CCCCCCCCCCC=O)CC(=O)SCCNC(=O)CCNC(=O)C(O)C(C)(C)COP(=O)(O)OP(=O)(O)OC[C@H]1O[C@@H](n2cnc3c(N)ncnc32)[C@H](O)[C@@H]1OP(=O)(O)O. The number of unbranched alkanes of at least 4 members (excludes halogenated alkanes) is 8. The summed E-state index contributed by atoms with van der Waals surface area (Å²) in [5.41, 5.74) is 4.27. The number of rotatable bonds is 32. The molecule has 65 heavy (non-hydrogen) atoms. The number of carbonyl (C=O) groups excluding carboxylic acids is 4. The number of ether oxygens (including phenoxy) is 1. The molecule has 0 aliphatic carbocycles. The van der Waals surface area contributed by atoms with Crippen LogP contribution in [0.15, 0.2) is 12.7 Å². The second kappa shape index (κ2) is 26.7. The molecule has 0 saturated carbocycles. The number of nitrogens with two attached hydrogens (primary N) is 1. The number of hydrogen-bond donors (Lipinski definition) is 9. The molecule has 2 amide bonds. The lowest BCUT2D eigenvalue weighted by atomic mass is 9.87. The van der Waals surface area contributed by atoms with Crippen molar-refractivity contribution in [3.8, 4) is 0 Å². The van der Waals surface area contributed by atoms with Gasteiger partial charge in [0.1, 0.15) is 42.5 Å². The number of amides is 2. The molecule has 3 rings (SSSR count). The number of nitrogens with one attached hydrogen (secondary N) is 2. The largest absolute Gasteiger partial charge is 0.481 e. The quantitative estimate of drug-likeness (QED) is 0.0289. The van der Waals surface area contributed by atoms with Gasteiger partial charge in [0, 0.05) is 43.5 Å². The second-order valence-electron chi connectivity index (χ2n) is 16.2. The fourth-order valence-electron chi connectivity index (χ4n) is 6.52. The van der Waals surface area contributed by atoms with E-state index < -0.39 is 84.6 Å². The van der Waals surface area contributed by atoms with E-state index in [-0.39, 0.29) is 47.5 Å². The number of anilines is 1. The van der Waals surface area contributed by atoms with Crippen LogP contribution < -0.4 is 16.4 Å². The molecule has 3 unspecified atom stereocenters. The van der Waals surface area contributed by atoms with Gasteiger partial charge in [-0.15, -0.1) is 0 Å². The van der Waals surface area contributed by atoms with Crippen LogP contribution >= 0.6 is 35.2 Å². The highest BCUT2D eigenvalue weighted by Crippen LogP contribution is 2.61. The summed E-state index contributed by atoms with van der Waals surface area (Å²) in [6.07, 6.45) is 4.98. The van der Waals surface area contributed by atoms with E-state index >= 15 is 0 Å². The van der Waals surface area contributed by atoms with Crippen LogP contribution in [0.4, 0.5) is 5.82 Å². The standard InChI is InChI=1S/C36H62N7O18P3S/c1-24(13-11-9-7-5-4-6-8-10-12-17-44)19-27(46)65-18-16-38-26(45)14-15-39-34(49)31(48)36(2,3)21-58-64(55,56)61-63(53,54)57-20-25-30(60-62(50,51)52)29(47)35(59-25)43-23-42-28-32(37)40-22-41-33(28)43/h17,22-25,29-31,35,47-48H,4-16,18-21H2,1-3H3,(H,38,45)(H,39,49)(H,53,54)(H,55,56)(H2,37,40,41)(H2,50,51,52)/t24-,25-,29-,30-,31?,35-/m1/s1. The Labute approximate surface area is 380 Å². The molecule has 0 aromatic carbocycles. The number of aliphatic hydroxyl groups is 2. The van der Waals surface area contributed by atoms with E-state index in [1.54, 1.807) is 0 Å². The molecule has 25 nitrogen and oxygen atoms in total. The van der Waals surface area contributed by atoms with Gasteiger partial charge in [0.2, 0.25) is 11.8 Å². The van der Waals surface area contributed by atoms with Crippen molar-refractivity contribution < 1.29 is 85.3 Å². The summed E-state index contributed by atoms with van der Waals surface area (Å²) < 4.78 is 62.4.